The highest BCUT2D eigenvalue weighted by molar-refractivity contribution is 7.22. The summed E-state index contributed by atoms with van der Waals surface area (Å²) in [4.78, 5) is 14.9. The van der Waals surface area contributed by atoms with Gasteiger partial charge >= 0.3 is 0 Å². The van der Waals surface area contributed by atoms with E-state index in [9.17, 15) is 9.18 Å². The summed E-state index contributed by atoms with van der Waals surface area (Å²) in [6.07, 6.45) is 3.79. The second kappa shape index (κ2) is 5.78. The van der Waals surface area contributed by atoms with E-state index in [1.807, 2.05) is 18.2 Å². The lowest BCUT2D eigenvalue weighted by Crippen LogP contribution is -1.94. The molecular weight excluding hydrogens is 339 g/mol. The number of hydrogen-bond acceptors (Lipinski definition) is 4. The Morgan fingerprint density at radius 3 is 3.00 bits per heavy atom. The van der Waals surface area contributed by atoms with E-state index in [-0.39, 0.29) is 5.82 Å². The fraction of sp³-hybridized carbons (Fsp3) is 0.0556. The number of nitrogens with one attached hydrogen (secondary N) is 2. The number of rotatable bonds is 4. The summed E-state index contributed by atoms with van der Waals surface area (Å²) in [6.45, 7) is 5.45. The highest BCUT2D eigenvalue weighted by Crippen LogP contribution is 2.38. The van der Waals surface area contributed by atoms with Crippen LogP contribution in [-0.2, 0) is 4.79 Å². The van der Waals surface area contributed by atoms with Crippen molar-refractivity contribution in [2.75, 3.05) is 5.32 Å². The molecule has 0 aliphatic heterocycles. The lowest BCUT2D eigenvalue weighted by molar-refractivity contribution is -0.105. The third-order valence-electron chi connectivity index (χ3n) is 4.18. The predicted molar refractivity (Wildman–Crippen MR) is 99.2 cm³/mol. The van der Waals surface area contributed by atoms with Crippen molar-refractivity contribution in [2.24, 2.45) is 0 Å². The Labute approximate surface area is 146 Å². The van der Waals surface area contributed by atoms with E-state index in [0.717, 1.165) is 26.7 Å². The number of halogens is 1. The topological polar surface area (TPSA) is 70.7 Å². The number of amides is 1. The molecule has 1 amide bonds. The lowest BCUT2D eigenvalue weighted by Gasteiger charge is -2.12. The van der Waals surface area contributed by atoms with Crippen molar-refractivity contribution in [3.8, 4) is 11.1 Å². The number of benzene rings is 2. The molecule has 2 N–H and O–H groups in total. The Morgan fingerprint density at radius 2 is 2.24 bits per heavy atom. The first-order valence-corrected chi connectivity index (χ1v) is 8.34. The average Bonchev–Trinajstić information content (AvgIpc) is 3.22. The number of thiazole rings is 1. The number of anilines is 1. The van der Waals surface area contributed by atoms with Crippen LogP contribution < -0.4 is 5.32 Å². The van der Waals surface area contributed by atoms with Crippen LogP contribution in [0, 0.1) is 12.7 Å². The zero-order chi connectivity index (χ0) is 17.6. The van der Waals surface area contributed by atoms with Gasteiger partial charge in [0.15, 0.2) is 5.13 Å². The molecular formula is C18H13FN4OS. The van der Waals surface area contributed by atoms with Gasteiger partial charge in [0.05, 0.1) is 21.9 Å². The summed E-state index contributed by atoms with van der Waals surface area (Å²) in [6, 6.07) is 5.71. The fourth-order valence-corrected chi connectivity index (χ4v) is 3.92. The predicted octanol–water partition coefficient (Wildman–Crippen LogP) is 4.50. The third kappa shape index (κ3) is 2.32. The van der Waals surface area contributed by atoms with Gasteiger partial charge in [0.25, 0.3) is 0 Å². The maximum atomic E-state index is 14.8. The molecule has 2 heterocycles. The number of fused-ring (bicyclic) bond motifs is 2. The van der Waals surface area contributed by atoms with Gasteiger partial charge in [-0.05, 0) is 35.7 Å². The van der Waals surface area contributed by atoms with Crippen molar-refractivity contribution >= 4 is 50.1 Å². The average molecular weight is 352 g/mol. The van der Waals surface area contributed by atoms with Gasteiger partial charge in [-0.25, -0.2) is 9.37 Å². The van der Waals surface area contributed by atoms with E-state index >= 15 is 0 Å². The fourth-order valence-electron chi connectivity index (χ4n) is 3.06. The molecule has 2 aromatic heterocycles. The molecule has 0 saturated heterocycles. The summed E-state index contributed by atoms with van der Waals surface area (Å²) < 4.78 is 15.7. The Kier molecular flexibility index (Phi) is 3.58. The van der Waals surface area contributed by atoms with Gasteiger partial charge in [-0.3, -0.25) is 9.89 Å². The number of carbonyl (C=O) groups excluding carboxylic acids is 1. The molecule has 5 nitrogen and oxygen atoms in total. The number of H-pyrrole nitrogens is 1. The standard InChI is InChI=1S/C18H13FN4OS/c1-3-11-16(19)9(2)15(12-7-21-23-17(11)12)10-4-5-13-14(6-10)25-18(22-13)20-8-24/h3-8H,1H2,2H3,(H,21,23)(H,20,22,24). The molecule has 4 rings (SSSR count). The molecule has 0 spiro atoms. The van der Waals surface area contributed by atoms with Crippen molar-refractivity contribution < 1.29 is 9.18 Å². The van der Waals surface area contributed by atoms with Crippen LogP contribution in [0.25, 0.3) is 38.3 Å². The largest absolute Gasteiger partial charge is 0.305 e. The molecule has 25 heavy (non-hydrogen) atoms. The third-order valence-corrected chi connectivity index (χ3v) is 5.13. The molecule has 0 radical (unpaired) electrons. The molecule has 0 fully saturated rings. The second-order valence-corrected chi connectivity index (χ2v) is 6.58. The molecule has 0 saturated carbocycles. The molecule has 0 unspecified atom stereocenters. The van der Waals surface area contributed by atoms with Crippen LogP contribution in [0.1, 0.15) is 11.1 Å². The van der Waals surface area contributed by atoms with Gasteiger partial charge in [-0.1, -0.05) is 30.1 Å². The van der Waals surface area contributed by atoms with E-state index in [4.69, 9.17) is 0 Å². The van der Waals surface area contributed by atoms with Crippen LogP contribution >= 0.6 is 11.3 Å². The minimum atomic E-state index is -0.311. The van der Waals surface area contributed by atoms with Crippen LogP contribution in [0.4, 0.5) is 9.52 Å². The van der Waals surface area contributed by atoms with Crippen LogP contribution in [0.15, 0.2) is 31.0 Å². The van der Waals surface area contributed by atoms with Crippen LogP contribution in [0.5, 0.6) is 0 Å². The smallest absolute Gasteiger partial charge is 0.213 e. The van der Waals surface area contributed by atoms with Crippen LogP contribution in [-0.4, -0.2) is 21.6 Å². The number of nitrogens with zero attached hydrogens (tertiary/aromatic N) is 2. The molecule has 0 atom stereocenters. The zero-order valence-electron chi connectivity index (χ0n) is 13.3. The van der Waals surface area contributed by atoms with Crippen molar-refractivity contribution in [2.45, 2.75) is 6.92 Å². The molecule has 4 aromatic rings. The number of aromatic nitrogens is 3. The maximum absolute atomic E-state index is 14.8. The lowest BCUT2D eigenvalue weighted by atomic mass is 9.93. The van der Waals surface area contributed by atoms with Crippen molar-refractivity contribution in [3.63, 3.8) is 0 Å². The van der Waals surface area contributed by atoms with E-state index in [2.05, 4.69) is 27.1 Å². The van der Waals surface area contributed by atoms with Crippen molar-refractivity contribution in [1.82, 2.24) is 15.2 Å². The number of aromatic amines is 1. The molecule has 0 aliphatic rings. The van der Waals surface area contributed by atoms with E-state index in [1.54, 1.807) is 13.1 Å². The highest BCUT2D eigenvalue weighted by Gasteiger charge is 2.18. The molecule has 124 valence electrons. The number of hydrogen-bond donors (Lipinski definition) is 2. The van der Waals surface area contributed by atoms with Gasteiger partial charge in [0.1, 0.15) is 5.82 Å². The Bertz CT molecular complexity index is 1150. The molecule has 7 heteroatoms. The first-order valence-electron chi connectivity index (χ1n) is 7.52. The van der Waals surface area contributed by atoms with E-state index < -0.39 is 0 Å². The minimum Gasteiger partial charge on any atom is -0.305 e. The quantitative estimate of drug-likeness (QED) is 0.531. The van der Waals surface area contributed by atoms with Crippen molar-refractivity contribution in [1.29, 1.82) is 0 Å². The second-order valence-electron chi connectivity index (χ2n) is 5.55. The van der Waals surface area contributed by atoms with Gasteiger partial charge in [0, 0.05) is 10.9 Å². The van der Waals surface area contributed by atoms with Gasteiger partial charge < -0.3 is 5.32 Å². The Balaban J connectivity index is 1.99. The van der Waals surface area contributed by atoms with Gasteiger partial charge in [-0.2, -0.15) is 5.10 Å². The summed E-state index contributed by atoms with van der Waals surface area (Å²) in [5.41, 5.74) is 4.02. The van der Waals surface area contributed by atoms with E-state index in [1.165, 1.54) is 17.4 Å². The highest BCUT2D eigenvalue weighted by atomic mass is 32.1. The summed E-state index contributed by atoms with van der Waals surface area (Å²) in [5, 5.41) is 10.8. The summed E-state index contributed by atoms with van der Waals surface area (Å²) >= 11 is 1.37. The van der Waals surface area contributed by atoms with Gasteiger partial charge in [-0.15, -0.1) is 0 Å². The summed E-state index contributed by atoms with van der Waals surface area (Å²) in [5.74, 6) is -0.311. The molecule has 0 bridgehead atoms. The normalized spacial score (nSPS) is 11.1. The van der Waals surface area contributed by atoms with Crippen molar-refractivity contribution in [3.05, 3.63) is 47.9 Å². The monoisotopic (exact) mass is 352 g/mol. The SMILES string of the molecule is C=Cc1c(F)c(C)c(-c2ccc3nc(NC=O)sc3c2)c2cn[nH]c12. The molecule has 2 aromatic carbocycles. The van der Waals surface area contributed by atoms with Crippen LogP contribution in [0.3, 0.4) is 0 Å². The maximum Gasteiger partial charge on any atom is 0.213 e. The Hall–Kier alpha value is -3.06. The Morgan fingerprint density at radius 1 is 1.40 bits per heavy atom. The zero-order valence-corrected chi connectivity index (χ0v) is 14.1. The first kappa shape index (κ1) is 15.5. The van der Waals surface area contributed by atoms with Gasteiger partial charge in [0.2, 0.25) is 6.41 Å². The van der Waals surface area contributed by atoms with E-state index in [0.29, 0.717) is 28.2 Å². The number of carbonyl (C=O) groups is 1. The first-order chi connectivity index (χ1) is 12.1. The summed E-state index contributed by atoms with van der Waals surface area (Å²) in [7, 11) is 0. The molecule has 0 aliphatic carbocycles. The van der Waals surface area contributed by atoms with Crippen LogP contribution in [0.2, 0.25) is 0 Å². The minimum absolute atomic E-state index is 0.311.